The Morgan fingerprint density at radius 1 is 1.16 bits per heavy atom. The Morgan fingerprint density at radius 2 is 1.79 bits per heavy atom. The van der Waals surface area contributed by atoms with Crippen molar-refractivity contribution in [2.24, 2.45) is 5.41 Å². The summed E-state index contributed by atoms with van der Waals surface area (Å²) in [6, 6.07) is 3.96. The van der Waals surface area contributed by atoms with E-state index < -0.39 is 0 Å². The molecular formula is C17H24O2. The number of carbonyl (C=O) groups is 1. The van der Waals surface area contributed by atoms with Crippen molar-refractivity contribution in [1.82, 2.24) is 0 Å². The summed E-state index contributed by atoms with van der Waals surface area (Å²) in [6.45, 7) is 6.19. The lowest BCUT2D eigenvalue weighted by atomic mass is 9.70. The van der Waals surface area contributed by atoms with Crippen LogP contribution in [0, 0.1) is 19.3 Å². The lowest BCUT2D eigenvalue weighted by Crippen LogP contribution is -2.30. The number of rotatable bonds is 3. The molecule has 0 heterocycles. The van der Waals surface area contributed by atoms with E-state index in [1.165, 1.54) is 12.0 Å². The Hall–Kier alpha value is -1.31. The Bertz CT molecular complexity index is 482. The van der Waals surface area contributed by atoms with Crippen LogP contribution in [0.1, 0.15) is 60.5 Å². The third kappa shape index (κ3) is 2.54. The van der Waals surface area contributed by atoms with Gasteiger partial charge in [-0.2, -0.15) is 0 Å². The predicted molar refractivity (Wildman–Crippen MR) is 78.0 cm³/mol. The highest BCUT2D eigenvalue weighted by Gasteiger charge is 2.36. The highest BCUT2D eigenvalue weighted by molar-refractivity contribution is 6.03. The molecule has 19 heavy (non-hydrogen) atoms. The van der Waals surface area contributed by atoms with E-state index in [0.717, 1.165) is 42.6 Å². The van der Waals surface area contributed by atoms with Crippen LogP contribution < -0.4 is 4.74 Å². The molecule has 0 N–H and O–H groups in total. The molecule has 1 fully saturated rings. The molecule has 1 aromatic carbocycles. The summed E-state index contributed by atoms with van der Waals surface area (Å²) in [6.07, 6.45) is 5.58. The Labute approximate surface area is 116 Å². The maximum Gasteiger partial charge on any atom is 0.172 e. The van der Waals surface area contributed by atoms with E-state index in [-0.39, 0.29) is 11.2 Å². The van der Waals surface area contributed by atoms with Crippen LogP contribution in [0.2, 0.25) is 0 Å². The minimum absolute atomic E-state index is 0.201. The van der Waals surface area contributed by atoms with Crippen molar-refractivity contribution in [3.63, 3.8) is 0 Å². The number of hydrogen-bond donors (Lipinski definition) is 0. The fraction of sp³-hybridized carbons (Fsp3) is 0.588. The third-order valence-electron chi connectivity index (χ3n) is 4.63. The van der Waals surface area contributed by atoms with Gasteiger partial charge in [-0.3, -0.25) is 4.79 Å². The molecule has 0 aromatic heterocycles. The van der Waals surface area contributed by atoms with Gasteiger partial charge in [0, 0.05) is 5.41 Å². The second kappa shape index (κ2) is 5.36. The Balaban J connectivity index is 2.41. The molecule has 1 aliphatic rings. The zero-order chi connectivity index (χ0) is 14.0. The molecule has 0 saturated heterocycles. The summed E-state index contributed by atoms with van der Waals surface area (Å²) in [5.41, 5.74) is 2.80. The van der Waals surface area contributed by atoms with Gasteiger partial charge in [-0.1, -0.05) is 32.3 Å². The fourth-order valence-corrected chi connectivity index (χ4v) is 3.12. The number of carbonyl (C=O) groups excluding carboxylic acids is 1. The Morgan fingerprint density at radius 3 is 2.37 bits per heavy atom. The van der Waals surface area contributed by atoms with E-state index in [1.54, 1.807) is 7.11 Å². The van der Waals surface area contributed by atoms with Crippen molar-refractivity contribution in [3.05, 3.63) is 28.8 Å². The van der Waals surface area contributed by atoms with Crippen LogP contribution in [0.15, 0.2) is 12.1 Å². The molecule has 0 atom stereocenters. The normalized spacial score (nSPS) is 18.1. The molecule has 2 rings (SSSR count). The summed E-state index contributed by atoms with van der Waals surface area (Å²) >= 11 is 0. The zero-order valence-corrected chi connectivity index (χ0v) is 12.5. The van der Waals surface area contributed by atoms with E-state index in [2.05, 4.69) is 13.8 Å². The number of aryl methyl sites for hydroxylation is 1. The fourth-order valence-electron chi connectivity index (χ4n) is 3.12. The molecule has 0 unspecified atom stereocenters. The van der Waals surface area contributed by atoms with Gasteiger partial charge in [-0.05, 0) is 43.9 Å². The highest BCUT2D eigenvalue weighted by atomic mass is 16.5. The average molecular weight is 260 g/mol. The van der Waals surface area contributed by atoms with Crippen molar-refractivity contribution in [2.45, 2.75) is 52.9 Å². The van der Waals surface area contributed by atoms with E-state index in [4.69, 9.17) is 4.74 Å². The van der Waals surface area contributed by atoms with Gasteiger partial charge in [-0.25, -0.2) is 0 Å². The van der Waals surface area contributed by atoms with Crippen molar-refractivity contribution in [1.29, 1.82) is 0 Å². The molecular weight excluding hydrogens is 236 g/mol. The van der Waals surface area contributed by atoms with Crippen molar-refractivity contribution in [2.75, 3.05) is 7.11 Å². The summed E-state index contributed by atoms with van der Waals surface area (Å²) < 4.78 is 5.49. The van der Waals surface area contributed by atoms with Gasteiger partial charge >= 0.3 is 0 Å². The maximum atomic E-state index is 12.9. The van der Waals surface area contributed by atoms with Crippen LogP contribution >= 0.6 is 0 Å². The minimum atomic E-state index is -0.201. The molecule has 2 heteroatoms. The molecule has 0 radical (unpaired) electrons. The van der Waals surface area contributed by atoms with Gasteiger partial charge in [0.1, 0.15) is 5.75 Å². The minimum Gasteiger partial charge on any atom is -0.496 e. The van der Waals surface area contributed by atoms with Gasteiger partial charge in [0.15, 0.2) is 5.78 Å². The summed E-state index contributed by atoms with van der Waals surface area (Å²) in [7, 11) is 1.65. The van der Waals surface area contributed by atoms with Crippen LogP contribution in [0.4, 0.5) is 0 Å². The number of hydrogen-bond acceptors (Lipinski definition) is 2. The third-order valence-corrected chi connectivity index (χ3v) is 4.63. The van der Waals surface area contributed by atoms with Crippen molar-refractivity contribution in [3.8, 4) is 5.75 Å². The second-order valence-corrected chi connectivity index (χ2v) is 6.04. The topological polar surface area (TPSA) is 26.3 Å². The summed E-state index contributed by atoms with van der Waals surface area (Å²) in [5, 5.41) is 0. The lowest BCUT2D eigenvalue weighted by molar-refractivity contribution is 0.0746. The van der Waals surface area contributed by atoms with E-state index >= 15 is 0 Å². The van der Waals surface area contributed by atoms with Crippen LogP contribution in [-0.2, 0) is 0 Å². The number of ether oxygens (including phenoxy) is 1. The van der Waals surface area contributed by atoms with Gasteiger partial charge < -0.3 is 4.74 Å². The first kappa shape index (κ1) is 14.1. The zero-order valence-electron chi connectivity index (χ0n) is 12.5. The van der Waals surface area contributed by atoms with Crippen LogP contribution in [-0.4, -0.2) is 12.9 Å². The molecule has 2 nitrogen and oxygen atoms in total. The average Bonchev–Trinajstić information content (AvgIpc) is 2.41. The van der Waals surface area contributed by atoms with E-state index in [9.17, 15) is 4.79 Å². The van der Waals surface area contributed by atoms with Crippen LogP contribution in [0.5, 0.6) is 5.75 Å². The number of ketones is 1. The maximum absolute atomic E-state index is 12.9. The largest absolute Gasteiger partial charge is 0.496 e. The van der Waals surface area contributed by atoms with Gasteiger partial charge in [0.25, 0.3) is 0 Å². The first-order chi connectivity index (χ1) is 8.99. The summed E-state index contributed by atoms with van der Waals surface area (Å²) in [5.74, 6) is 1.02. The van der Waals surface area contributed by atoms with Gasteiger partial charge in [0.05, 0.1) is 12.7 Å². The summed E-state index contributed by atoms with van der Waals surface area (Å²) in [4.78, 5) is 12.9. The van der Waals surface area contributed by atoms with Crippen molar-refractivity contribution >= 4 is 5.78 Å². The quantitative estimate of drug-likeness (QED) is 0.750. The van der Waals surface area contributed by atoms with Crippen LogP contribution in [0.25, 0.3) is 0 Å². The SMILES string of the molecule is COc1c(C(=O)C2(C)CCCCC2)ccc(C)c1C. The molecule has 1 aromatic rings. The first-order valence-electron chi connectivity index (χ1n) is 7.18. The monoisotopic (exact) mass is 260 g/mol. The molecule has 1 saturated carbocycles. The highest BCUT2D eigenvalue weighted by Crippen LogP contribution is 2.41. The molecule has 0 spiro atoms. The molecule has 104 valence electrons. The standard InChI is InChI=1S/C17H24O2/c1-12-8-9-14(15(19-4)13(12)2)16(18)17(3)10-6-5-7-11-17/h8-9H,5-7,10-11H2,1-4H3. The lowest BCUT2D eigenvalue weighted by Gasteiger charge is -2.32. The number of benzene rings is 1. The number of methoxy groups -OCH3 is 1. The smallest absolute Gasteiger partial charge is 0.172 e. The molecule has 1 aliphatic carbocycles. The Kier molecular flexibility index (Phi) is 3.98. The van der Waals surface area contributed by atoms with E-state index in [0.29, 0.717) is 0 Å². The first-order valence-corrected chi connectivity index (χ1v) is 7.18. The molecule has 0 amide bonds. The van der Waals surface area contributed by atoms with Gasteiger partial charge in [-0.15, -0.1) is 0 Å². The number of Topliss-reactive ketones (excluding diaryl/α,β-unsaturated/α-hetero) is 1. The molecule has 0 aliphatic heterocycles. The van der Waals surface area contributed by atoms with Crippen molar-refractivity contribution < 1.29 is 9.53 Å². The van der Waals surface area contributed by atoms with Crippen LogP contribution in [0.3, 0.4) is 0 Å². The predicted octanol–water partition coefficient (Wildman–Crippen LogP) is 4.47. The molecule has 0 bridgehead atoms. The second-order valence-electron chi connectivity index (χ2n) is 6.04. The van der Waals surface area contributed by atoms with Gasteiger partial charge in [0.2, 0.25) is 0 Å². The van der Waals surface area contributed by atoms with E-state index in [1.807, 2.05) is 19.1 Å².